The van der Waals surface area contributed by atoms with Crippen LogP contribution in [0.25, 0.3) is 0 Å². The number of carbonyl (C=O) groups excluding carboxylic acids is 12. The first-order chi connectivity index (χ1) is 47.7. The first-order valence-electron chi connectivity index (χ1n) is 36.2. The van der Waals surface area contributed by atoms with Crippen LogP contribution < -0.4 is 76.1 Å². The molecule has 104 heavy (non-hydrogen) atoms. The predicted molar refractivity (Wildman–Crippen MR) is 421 cm³/mol. The van der Waals surface area contributed by atoms with Gasteiger partial charge in [-0.2, -0.15) is 0 Å². The lowest BCUT2D eigenvalue weighted by molar-refractivity contribution is -0.143. The lowest BCUT2D eigenvalue weighted by atomic mass is 9.99. The van der Waals surface area contributed by atoms with E-state index in [1.54, 1.807) is 88.4 Å². The summed E-state index contributed by atoms with van der Waals surface area (Å²) in [5, 5.41) is 28.5. The average molecular weight is 1720 g/mol. The number of amides is 12. The third kappa shape index (κ3) is 30.6. The van der Waals surface area contributed by atoms with Crippen LogP contribution >= 0.6 is 67.9 Å². The minimum Gasteiger partial charge on any atom is -0.343 e. The van der Waals surface area contributed by atoms with Crippen molar-refractivity contribution in [2.24, 2.45) is 46.6 Å². The molecule has 12 amide bonds. The van der Waals surface area contributed by atoms with E-state index in [1.807, 2.05) is 27.7 Å². The number of nitrogens with zero attached hydrogens (tertiary/aromatic N) is 2. The van der Waals surface area contributed by atoms with Gasteiger partial charge in [0.15, 0.2) is 0 Å². The molecule has 28 nitrogen and oxygen atoms in total. The maximum absolute atomic E-state index is 15.1. The molecule has 3 saturated heterocycles. The van der Waals surface area contributed by atoms with Crippen LogP contribution in [-0.4, -0.2) is 192 Å². The van der Waals surface area contributed by atoms with Crippen molar-refractivity contribution in [3.8, 4) is 0 Å². The topological polar surface area (TPSA) is 436 Å². The lowest BCUT2D eigenvalue weighted by Crippen LogP contribution is -2.62. The molecule has 0 aromatic heterocycles. The minimum atomic E-state index is -1.28. The van der Waals surface area contributed by atoms with E-state index in [0.29, 0.717) is 49.7 Å². The molecule has 0 unspecified atom stereocenters. The van der Waals surface area contributed by atoms with Crippen molar-refractivity contribution in [2.45, 2.75) is 243 Å². The standard InChI is InChI=1S/C72H116N16O12.4BrH/c1-43(2)39-53-65(93)83-55(41-47-23-11-9-12-24-47)71(99)87-37-21-31-57(87)67(95)77-50(28-16-18-34-74)64(92)86-60(46(7)8)70(98)80-52(30-20-36-76)62(90)82-54(40-44(3)4)66(94)84-56(42-48-25-13-10-14-26-48)72(100)88-38-22-32-58(88)68(96)78-49(27-15-17-33-73)63(91)85-59(45(5)6)69(97)79-51(29-19-35-75)61(89)81-53;;;;/h9-14,23-26,43-46,49-60H,15-22,27-42,73-76H2,1-8H3,(H,77,95)(H,78,96)(H,79,97)(H,80,98)(H,81,89)(H,82,90)(H,83,93)(H,84,94)(H,85,91)(H,86,92);4*1H/t49-,50-,51+,52+,53+,54+,55-,56-,57+,58+,59+,60+;;;;/m1..../s1. The van der Waals surface area contributed by atoms with Crippen LogP contribution in [0.1, 0.15) is 169 Å². The third-order valence-corrected chi connectivity index (χ3v) is 18.5. The summed E-state index contributed by atoms with van der Waals surface area (Å²) >= 11 is 0. The normalized spacial score (nSPS) is 25.0. The third-order valence-electron chi connectivity index (χ3n) is 18.5. The van der Waals surface area contributed by atoms with Crippen LogP contribution in [-0.2, 0) is 70.4 Å². The van der Waals surface area contributed by atoms with E-state index in [2.05, 4.69) is 53.2 Å². The number of hydrogen-bond donors (Lipinski definition) is 14. The van der Waals surface area contributed by atoms with Crippen LogP contribution in [0.4, 0.5) is 0 Å². The molecule has 2 aromatic rings. The first-order valence-corrected chi connectivity index (χ1v) is 36.2. The summed E-state index contributed by atoms with van der Waals surface area (Å²) in [6.45, 7) is 15.2. The van der Waals surface area contributed by atoms with Crippen molar-refractivity contribution in [3.05, 3.63) is 71.8 Å². The highest BCUT2D eigenvalue weighted by Crippen LogP contribution is 2.24. The van der Waals surface area contributed by atoms with Crippen LogP contribution in [0, 0.1) is 23.7 Å². The van der Waals surface area contributed by atoms with E-state index in [-0.39, 0.29) is 196 Å². The molecule has 0 spiro atoms. The van der Waals surface area contributed by atoms with Gasteiger partial charge in [-0.1, -0.05) is 116 Å². The van der Waals surface area contributed by atoms with Crippen LogP contribution in [0.5, 0.6) is 0 Å². The molecule has 5 rings (SSSR count). The van der Waals surface area contributed by atoms with Crippen molar-refractivity contribution in [2.75, 3.05) is 39.3 Å². The molecule has 0 saturated carbocycles. The summed E-state index contributed by atoms with van der Waals surface area (Å²) in [5.74, 6) is -9.91. The van der Waals surface area contributed by atoms with E-state index in [0.717, 1.165) is 0 Å². The van der Waals surface area contributed by atoms with Gasteiger partial charge in [-0.25, -0.2) is 0 Å². The van der Waals surface area contributed by atoms with Crippen molar-refractivity contribution >= 4 is 139 Å². The van der Waals surface area contributed by atoms with Crippen LogP contribution in [0.3, 0.4) is 0 Å². The van der Waals surface area contributed by atoms with Gasteiger partial charge in [0.2, 0.25) is 70.9 Å². The highest BCUT2D eigenvalue weighted by molar-refractivity contribution is 8.93. The Morgan fingerprint density at radius 3 is 0.904 bits per heavy atom. The van der Waals surface area contributed by atoms with Crippen LogP contribution in [0.2, 0.25) is 0 Å². The number of halogens is 4. The van der Waals surface area contributed by atoms with E-state index in [4.69, 9.17) is 22.9 Å². The van der Waals surface area contributed by atoms with Crippen molar-refractivity contribution in [3.63, 3.8) is 0 Å². The molecule has 2 aromatic carbocycles. The summed E-state index contributed by atoms with van der Waals surface area (Å²) in [6.07, 6.45) is 3.78. The monoisotopic (exact) mass is 1720 g/mol. The average Bonchev–Trinajstić information content (AvgIpc) is 1.62. The number of nitrogens with one attached hydrogen (secondary N) is 10. The molecule has 0 bridgehead atoms. The quantitative estimate of drug-likeness (QED) is 0.0672. The number of fused-ring (bicyclic) bond motifs is 2. The van der Waals surface area contributed by atoms with Gasteiger partial charge in [0.1, 0.15) is 72.5 Å². The first kappa shape index (κ1) is 95.9. The molecular formula is C72H120Br4N16O12. The summed E-state index contributed by atoms with van der Waals surface area (Å²) in [6, 6.07) is 2.96. The second kappa shape index (κ2) is 49.7. The van der Waals surface area contributed by atoms with E-state index in [1.165, 1.54) is 9.80 Å². The zero-order valence-electron chi connectivity index (χ0n) is 61.7. The van der Waals surface area contributed by atoms with Crippen molar-refractivity contribution in [1.82, 2.24) is 63.0 Å². The summed E-state index contributed by atoms with van der Waals surface area (Å²) < 4.78 is 0. The molecule has 588 valence electrons. The Morgan fingerprint density at radius 2 is 0.606 bits per heavy atom. The molecule has 3 heterocycles. The van der Waals surface area contributed by atoms with E-state index in [9.17, 15) is 47.9 Å². The van der Waals surface area contributed by atoms with Crippen LogP contribution in [0.15, 0.2) is 60.7 Å². The number of rotatable bonds is 24. The Kier molecular flexibility index (Phi) is 45.8. The Hall–Kier alpha value is -6.16. The fraction of sp³-hybridized carbons (Fsp3) is 0.667. The number of benzene rings is 2. The predicted octanol–water partition coefficient (Wildman–Crippen LogP) is 2.77. The van der Waals surface area contributed by atoms with Crippen molar-refractivity contribution < 1.29 is 57.5 Å². The smallest absolute Gasteiger partial charge is 0.246 e. The summed E-state index contributed by atoms with van der Waals surface area (Å²) in [7, 11) is 0. The Labute approximate surface area is 656 Å². The van der Waals surface area contributed by atoms with Crippen molar-refractivity contribution in [1.29, 1.82) is 0 Å². The van der Waals surface area contributed by atoms with Gasteiger partial charge in [0.05, 0.1) is 0 Å². The highest BCUT2D eigenvalue weighted by atomic mass is 79.9. The molecule has 3 aliphatic heterocycles. The van der Waals surface area contributed by atoms with Gasteiger partial charge in [-0.05, 0) is 164 Å². The Bertz CT molecular complexity index is 2840. The largest absolute Gasteiger partial charge is 0.343 e. The van der Waals surface area contributed by atoms with Gasteiger partial charge in [-0.15, -0.1) is 67.9 Å². The Morgan fingerprint density at radius 1 is 0.337 bits per heavy atom. The second-order valence-corrected chi connectivity index (χ2v) is 28.4. The maximum Gasteiger partial charge on any atom is 0.246 e. The number of nitrogens with two attached hydrogens (primary N) is 4. The summed E-state index contributed by atoms with van der Waals surface area (Å²) in [5.41, 5.74) is 25.1. The van der Waals surface area contributed by atoms with Gasteiger partial charge < -0.3 is 85.9 Å². The molecule has 3 fully saturated rings. The molecule has 0 radical (unpaired) electrons. The fourth-order valence-electron chi connectivity index (χ4n) is 12.9. The molecule has 12 atom stereocenters. The zero-order chi connectivity index (χ0) is 73.6. The molecule has 32 heteroatoms. The van der Waals surface area contributed by atoms with E-state index >= 15 is 9.59 Å². The number of hydrogen-bond acceptors (Lipinski definition) is 16. The summed E-state index contributed by atoms with van der Waals surface area (Å²) in [4.78, 5) is 180. The maximum atomic E-state index is 15.1. The number of unbranched alkanes of at least 4 members (excludes halogenated alkanes) is 2. The van der Waals surface area contributed by atoms with Gasteiger partial charge >= 0.3 is 0 Å². The molecular weight excluding hydrogens is 1600 g/mol. The zero-order valence-corrected chi connectivity index (χ0v) is 68.6. The van der Waals surface area contributed by atoms with Gasteiger partial charge in [0, 0.05) is 25.9 Å². The van der Waals surface area contributed by atoms with Gasteiger partial charge in [-0.3, -0.25) is 57.5 Å². The van der Waals surface area contributed by atoms with E-state index < -0.39 is 155 Å². The minimum absolute atomic E-state index is 0. The SMILES string of the molecule is Br.Br.Br.Br.CC(C)C[C@@H]1NC(=O)[C@H](CCCN)NC(=O)[C@H](C(C)C)NC(=O)[C@@H](CCCCN)NC(=O)[C@@H]2CCCN2C(=O)[C@@H](Cc2ccccc2)NC(=O)[C@H](CC(C)C)NC(=O)[C@H](CCCN)NC(=O)[C@H](C(C)C)NC(=O)[C@@H](CCCCN)NC(=O)[C@@H]2CCCN2C(=O)[C@@H](Cc2ccccc2)NC1=O. The fourth-order valence-corrected chi connectivity index (χ4v) is 12.9. The lowest BCUT2D eigenvalue weighted by Gasteiger charge is -2.32. The molecule has 18 N–H and O–H groups in total. The highest BCUT2D eigenvalue weighted by Gasteiger charge is 2.44. The molecule has 3 aliphatic rings. The second-order valence-electron chi connectivity index (χ2n) is 28.4. The number of carbonyl (C=O) groups is 12. The van der Waals surface area contributed by atoms with Gasteiger partial charge in [0.25, 0.3) is 0 Å². The molecule has 0 aliphatic carbocycles. The Balaban J connectivity index is 0.0000135.